The van der Waals surface area contributed by atoms with Crippen molar-refractivity contribution in [1.82, 2.24) is 10.2 Å². The maximum absolute atomic E-state index is 12.6. The van der Waals surface area contributed by atoms with E-state index in [1.54, 1.807) is 23.3 Å². The third-order valence-corrected chi connectivity index (χ3v) is 7.63. The van der Waals surface area contributed by atoms with E-state index in [2.05, 4.69) is 5.32 Å². The molecular formula is C23H24Cl2N2O5S. The molecule has 7 nitrogen and oxygen atoms in total. The number of aryl methyl sites for hydroxylation is 1. The molecule has 176 valence electrons. The average Bonchev–Trinajstić information content (AvgIpc) is 3.20. The Bertz CT molecular complexity index is 1080. The largest absolute Gasteiger partial charge is 0.480 e. The number of piperidine rings is 1. The van der Waals surface area contributed by atoms with Crippen LogP contribution in [0.2, 0.25) is 10.0 Å². The maximum Gasteiger partial charge on any atom is 0.325 e. The summed E-state index contributed by atoms with van der Waals surface area (Å²) in [6.45, 7) is 4.12. The lowest BCUT2D eigenvalue weighted by Crippen LogP contribution is -2.46. The van der Waals surface area contributed by atoms with Crippen LogP contribution in [0, 0.1) is 12.8 Å². The van der Waals surface area contributed by atoms with Gasteiger partial charge in [0, 0.05) is 30.0 Å². The van der Waals surface area contributed by atoms with Gasteiger partial charge in [0.05, 0.1) is 21.2 Å². The van der Waals surface area contributed by atoms with Crippen LogP contribution in [0.25, 0.3) is 6.08 Å². The van der Waals surface area contributed by atoms with Crippen LogP contribution in [0.3, 0.4) is 0 Å². The molecule has 1 atom stereocenters. The monoisotopic (exact) mass is 510 g/mol. The van der Waals surface area contributed by atoms with E-state index in [-0.39, 0.29) is 17.7 Å². The summed E-state index contributed by atoms with van der Waals surface area (Å²) in [6.07, 6.45) is 5.63. The fourth-order valence-electron chi connectivity index (χ4n) is 3.37. The van der Waals surface area contributed by atoms with Crippen molar-refractivity contribution < 1.29 is 23.9 Å². The molecule has 0 radical (unpaired) electrons. The maximum atomic E-state index is 12.6. The van der Waals surface area contributed by atoms with Crippen LogP contribution in [0.5, 0.6) is 0 Å². The van der Waals surface area contributed by atoms with Crippen LogP contribution in [-0.2, 0) is 14.4 Å². The number of hydrogen-bond donors (Lipinski definition) is 2. The third kappa shape index (κ3) is 6.34. The quantitative estimate of drug-likeness (QED) is 0.514. The Labute approximate surface area is 206 Å². The molecule has 2 aromatic rings. The second kappa shape index (κ2) is 11.1. The SMILES string of the molecule is Cc1occc1Sc1ccc(/C=C/C(=O)N2CCC(C(=O)NC(C)C(=O)O)CC2)c(Cl)c1Cl. The van der Waals surface area contributed by atoms with Gasteiger partial charge in [-0.15, -0.1) is 0 Å². The number of likely N-dealkylation sites (tertiary alicyclic amines) is 1. The topological polar surface area (TPSA) is 99.9 Å². The summed E-state index contributed by atoms with van der Waals surface area (Å²) in [6, 6.07) is 4.56. The highest BCUT2D eigenvalue weighted by Crippen LogP contribution is 2.40. The normalized spacial score (nSPS) is 15.6. The number of carboxylic acids is 1. The number of nitrogens with one attached hydrogen (secondary N) is 1. The van der Waals surface area contributed by atoms with Gasteiger partial charge in [-0.05, 0) is 50.5 Å². The van der Waals surface area contributed by atoms with Gasteiger partial charge in [0.15, 0.2) is 0 Å². The van der Waals surface area contributed by atoms with Crippen molar-refractivity contribution in [3.05, 3.63) is 51.9 Å². The number of benzene rings is 1. The fourth-order valence-corrected chi connectivity index (χ4v) is 4.83. The first-order chi connectivity index (χ1) is 15.7. The summed E-state index contributed by atoms with van der Waals surface area (Å²) in [7, 11) is 0. The van der Waals surface area contributed by atoms with Gasteiger partial charge in [-0.1, -0.05) is 41.0 Å². The molecule has 1 aliphatic rings. The smallest absolute Gasteiger partial charge is 0.325 e. The lowest BCUT2D eigenvalue weighted by molar-refractivity contribution is -0.142. The summed E-state index contributed by atoms with van der Waals surface area (Å²) in [5.41, 5.74) is 0.625. The molecule has 3 rings (SSSR count). The first kappa shape index (κ1) is 25.2. The zero-order valence-corrected chi connectivity index (χ0v) is 20.5. The van der Waals surface area contributed by atoms with Crippen molar-refractivity contribution >= 4 is 58.8 Å². The third-order valence-electron chi connectivity index (χ3n) is 5.42. The van der Waals surface area contributed by atoms with Crippen molar-refractivity contribution in [3.8, 4) is 0 Å². The molecule has 1 aliphatic heterocycles. The van der Waals surface area contributed by atoms with E-state index in [9.17, 15) is 14.4 Å². The number of rotatable bonds is 7. The van der Waals surface area contributed by atoms with Crippen LogP contribution >= 0.6 is 35.0 Å². The number of carboxylic acid groups (broad SMARTS) is 1. The molecule has 2 N–H and O–H groups in total. The Morgan fingerprint density at radius 1 is 1.18 bits per heavy atom. The number of furan rings is 1. The summed E-state index contributed by atoms with van der Waals surface area (Å²) >= 11 is 14.3. The van der Waals surface area contributed by atoms with Gasteiger partial charge in [-0.2, -0.15) is 0 Å². The highest BCUT2D eigenvalue weighted by molar-refractivity contribution is 7.99. The molecule has 1 aromatic heterocycles. The number of halogens is 2. The van der Waals surface area contributed by atoms with Crippen LogP contribution < -0.4 is 5.32 Å². The number of nitrogens with zero attached hydrogens (tertiary/aromatic N) is 1. The Hall–Kier alpha value is -2.42. The van der Waals surface area contributed by atoms with Gasteiger partial charge in [0.2, 0.25) is 11.8 Å². The van der Waals surface area contributed by atoms with Gasteiger partial charge < -0.3 is 19.7 Å². The standard InChI is InChI=1S/C23H24Cl2N2O5S/c1-13(23(30)31)26-22(29)16-7-10-27(11-8-16)19(28)6-4-15-3-5-18(21(25)20(15)24)33-17-9-12-32-14(17)2/h3-6,9,12-13,16H,7-8,10-11H2,1-2H3,(H,26,29)(H,30,31)/b6-4+. The molecule has 0 saturated carbocycles. The molecule has 1 fully saturated rings. The second-order valence-corrected chi connectivity index (χ2v) is 9.57. The molecule has 0 aliphatic carbocycles. The first-order valence-electron chi connectivity index (χ1n) is 10.4. The lowest BCUT2D eigenvalue weighted by Gasteiger charge is -2.31. The van der Waals surface area contributed by atoms with Crippen molar-refractivity contribution in [1.29, 1.82) is 0 Å². The van der Waals surface area contributed by atoms with E-state index >= 15 is 0 Å². The summed E-state index contributed by atoms with van der Waals surface area (Å²) in [5, 5.41) is 12.2. The molecule has 2 amide bonds. The Balaban J connectivity index is 1.57. The number of amides is 2. The van der Waals surface area contributed by atoms with Crippen molar-refractivity contribution in [3.63, 3.8) is 0 Å². The van der Waals surface area contributed by atoms with E-state index in [0.29, 0.717) is 41.5 Å². The van der Waals surface area contributed by atoms with E-state index in [4.69, 9.17) is 32.7 Å². The van der Waals surface area contributed by atoms with E-state index in [1.165, 1.54) is 24.8 Å². The highest BCUT2D eigenvalue weighted by Gasteiger charge is 2.28. The Kier molecular flexibility index (Phi) is 8.51. The Morgan fingerprint density at radius 3 is 2.48 bits per heavy atom. The fraction of sp³-hybridized carbons (Fsp3) is 0.348. The number of hydrogen-bond acceptors (Lipinski definition) is 5. The van der Waals surface area contributed by atoms with E-state index < -0.39 is 12.0 Å². The predicted octanol–water partition coefficient (Wildman–Crippen LogP) is 4.89. The highest BCUT2D eigenvalue weighted by atomic mass is 35.5. The zero-order chi connectivity index (χ0) is 24.1. The van der Waals surface area contributed by atoms with Crippen LogP contribution in [0.1, 0.15) is 31.1 Å². The van der Waals surface area contributed by atoms with E-state index in [1.807, 2.05) is 19.1 Å². The first-order valence-corrected chi connectivity index (χ1v) is 11.9. The van der Waals surface area contributed by atoms with Gasteiger partial charge in [0.25, 0.3) is 0 Å². The molecule has 0 bridgehead atoms. The van der Waals surface area contributed by atoms with Crippen LogP contribution in [0.4, 0.5) is 0 Å². The number of carbonyl (C=O) groups excluding carboxylic acids is 2. The summed E-state index contributed by atoms with van der Waals surface area (Å²) in [5.74, 6) is -1.08. The van der Waals surface area contributed by atoms with Gasteiger partial charge in [-0.3, -0.25) is 14.4 Å². The molecule has 1 saturated heterocycles. The van der Waals surface area contributed by atoms with E-state index in [0.717, 1.165) is 15.6 Å². The molecular weight excluding hydrogens is 487 g/mol. The summed E-state index contributed by atoms with van der Waals surface area (Å²) in [4.78, 5) is 39.1. The Morgan fingerprint density at radius 2 is 1.88 bits per heavy atom. The molecule has 10 heteroatoms. The van der Waals surface area contributed by atoms with Crippen molar-refractivity contribution in [2.75, 3.05) is 13.1 Å². The molecule has 33 heavy (non-hydrogen) atoms. The van der Waals surface area contributed by atoms with Gasteiger partial charge in [-0.25, -0.2) is 0 Å². The average molecular weight is 511 g/mol. The number of aliphatic carboxylic acids is 1. The molecule has 1 aromatic carbocycles. The van der Waals surface area contributed by atoms with Gasteiger partial charge >= 0.3 is 5.97 Å². The van der Waals surface area contributed by atoms with Crippen LogP contribution in [0.15, 0.2) is 44.7 Å². The lowest BCUT2D eigenvalue weighted by atomic mass is 9.95. The minimum Gasteiger partial charge on any atom is -0.480 e. The molecule has 1 unspecified atom stereocenters. The number of carbonyl (C=O) groups is 3. The van der Waals surface area contributed by atoms with Crippen molar-refractivity contribution in [2.45, 2.75) is 42.5 Å². The zero-order valence-electron chi connectivity index (χ0n) is 18.1. The predicted molar refractivity (Wildman–Crippen MR) is 128 cm³/mol. The van der Waals surface area contributed by atoms with Crippen LogP contribution in [-0.4, -0.2) is 46.9 Å². The minimum absolute atomic E-state index is 0.188. The van der Waals surface area contributed by atoms with Gasteiger partial charge in [0.1, 0.15) is 11.8 Å². The minimum atomic E-state index is -1.08. The summed E-state index contributed by atoms with van der Waals surface area (Å²) < 4.78 is 5.30. The molecule has 0 spiro atoms. The second-order valence-electron chi connectivity index (χ2n) is 7.73. The van der Waals surface area contributed by atoms with Crippen molar-refractivity contribution in [2.24, 2.45) is 5.92 Å². The molecule has 2 heterocycles.